The number of likely N-dealkylation sites (N-methyl/N-ethyl adjacent to an activating group) is 1. The molecule has 1 rings (SSSR count). The minimum absolute atomic E-state index is 0.128. The fourth-order valence-corrected chi connectivity index (χ4v) is 1.76. The van der Waals surface area contributed by atoms with E-state index in [9.17, 15) is 5.11 Å². The van der Waals surface area contributed by atoms with Crippen molar-refractivity contribution >= 4 is 5.69 Å². The molecule has 18 heavy (non-hydrogen) atoms. The number of aliphatic hydroxyl groups is 1. The SMILES string of the molecule is CNC(C)(CO)CCN(C)c1ccccc1OC. The number of hydrogen-bond donors (Lipinski definition) is 2. The zero-order chi connectivity index (χ0) is 13.6. The number of rotatable bonds is 7. The quantitative estimate of drug-likeness (QED) is 0.772. The highest BCUT2D eigenvalue weighted by atomic mass is 16.5. The lowest BCUT2D eigenvalue weighted by atomic mass is 9.99. The summed E-state index contributed by atoms with van der Waals surface area (Å²) in [6.45, 7) is 2.99. The molecule has 2 N–H and O–H groups in total. The van der Waals surface area contributed by atoms with Crippen molar-refractivity contribution < 1.29 is 9.84 Å². The summed E-state index contributed by atoms with van der Waals surface area (Å²) in [7, 11) is 5.59. The molecule has 0 saturated heterocycles. The molecule has 0 spiro atoms. The average Bonchev–Trinajstić information content (AvgIpc) is 2.44. The number of para-hydroxylation sites is 2. The van der Waals surface area contributed by atoms with E-state index < -0.39 is 0 Å². The van der Waals surface area contributed by atoms with Gasteiger partial charge < -0.3 is 20.1 Å². The number of hydrogen-bond acceptors (Lipinski definition) is 4. The number of nitrogens with one attached hydrogen (secondary N) is 1. The highest BCUT2D eigenvalue weighted by molar-refractivity contribution is 5.57. The highest BCUT2D eigenvalue weighted by Crippen LogP contribution is 2.27. The van der Waals surface area contributed by atoms with Gasteiger partial charge in [-0.3, -0.25) is 0 Å². The Balaban J connectivity index is 2.68. The number of ether oxygens (including phenoxy) is 1. The Morgan fingerprint density at radius 1 is 1.39 bits per heavy atom. The molecule has 0 aliphatic carbocycles. The molecule has 1 aromatic rings. The molecule has 0 aromatic heterocycles. The molecule has 0 aliphatic rings. The lowest BCUT2D eigenvalue weighted by molar-refractivity contribution is 0.175. The van der Waals surface area contributed by atoms with Gasteiger partial charge in [0.2, 0.25) is 0 Å². The molecule has 0 bridgehead atoms. The van der Waals surface area contributed by atoms with Crippen LogP contribution in [0.2, 0.25) is 0 Å². The minimum Gasteiger partial charge on any atom is -0.495 e. The van der Waals surface area contributed by atoms with Crippen molar-refractivity contribution in [3.8, 4) is 5.75 Å². The smallest absolute Gasteiger partial charge is 0.142 e. The van der Waals surface area contributed by atoms with Gasteiger partial charge in [-0.15, -0.1) is 0 Å². The Labute approximate surface area is 110 Å². The van der Waals surface area contributed by atoms with Gasteiger partial charge in [-0.25, -0.2) is 0 Å². The van der Waals surface area contributed by atoms with Crippen molar-refractivity contribution in [2.24, 2.45) is 0 Å². The van der Waals surface area contributed by atoms with Crippen LogP contribution in [-0.4, -0.2) is 45.0 Å². The molecule has 0 saturated carbocycles. The third-order valence-corrected chi connectivity index (χ3v) is 3.45. The van der Waals surface area contributed by atoms with Crippen molar-refractivity contribution in [2.45, 2.75) is 18.9 Å². The van der Waals surface area contributed by atoms with E-state index in [1.807, 2.05) is 45.3 Å². The third kappa shape index (κ3) is 3.62. The van der Waals surface area contributed by atoms with Crippen molar-refractivity contribution in [1.82, 2.24) is 5.32 Å². The monoisotopic (exact) mass is 252 g/mol. The Bertz CT molecular complexity index is 365. The van der Waals surface area contributed by atoms with Gasteiger partial charge in [0, 0.05) is 19.1 Å². The number of methoxy groups -OCH3 is 1. The fraction of sp³-hybridized carbons (Fsp3) is 0.571. The summed E-state index contributed by atoms with van der Waals surface area (Å²) in [5.41, 5.74) is 0.826. The third-order valence-electron chi connectivity index (χ3n) is 3.45. The van der Waals surface area contributed by atoms with Crippen LogP contribution in [0.15, 0.2) is 24.3 Å². The molecule has 4 nitrogen and oxygen atoms in total. The predicted molar refractivity (Wildman–Crippen MR) is 75.4 cm³/mol. The molecule has 1 unspecified atom stereocenters. The normalized spacial score (nSPS) is 14.1. The van der Waals surface area contributed by atoms with Gasteiger partial charge in [0.05, 0.1) is 19.4 Å². The van der Waals surface area contributed by atoms with E-state index >= 15 is 0 Å². The summed E-state index contributed by atoms with van der Waals surface area (Å²) in [6, 6.07) is 7.95. The van der Waals surface area contributed by atoms with E-state index in [1.165, 1.54) is 0 Å². The summed E-state index contributed by atoms with van der Waals surface area (Å²) in [4.78, 5) is 2.14. The van der Waals surface area contributed by atoms with Crippen LogP contribution in [0.5, 0.6) is 5.75 Å². The second-order valence-electron chi connectivity index (χ2n) is 4.81. The van der Waals surface area contributed by atoms with Gasteiger partial charge in [0.15, 0.2) is 0 Å². The van der Waals surface area contributed by atoms with E-state index in [0.29, 0.717) is 0 Å². The van der Waals surface area contributed by atoms with Crippen LogP contribution in [0, 0.1) is 0 Å². The summed E-state index contributed by atoms with van der Waals surface area (Å²) in [5.74, 6) is 0.871. The van der Waals surface area contributed by atoms with Gasteiger partial charge in [-0.2, -0.15) is 0 Å². The Morgan fingerprint density at radius 3 is 2.61 bits per heavy atom. The second kappa shape index (κ2) is 6.61. The van der Waals surface area contributed by atoms with Gasteiger partial charge in [0.25, 0.3) is 0 Å². The van der Waals surface area contributed by atoms with E-state index in [-0.39, 0.29) is 12.1 Å². The zero-order valence-corrected chi connectivity index (χ0v) is 11.7. The summed E-state index contributed by atoms with van der Waals surface area (Å²) in [5, 5.41) is 12.5. The number of aliphatic hydroxyl groups excluding tert-OH is 1. The maximum absolute atomic E-state index is 9.36. The molecule has 102 valence electrons. The summed E-state index contributed by atoms with van der Waals surface area (Å²) >= 11 is 0. The van der Waals surface area contributed by atoms with Crippen molar-refractivity contribution in [1.29, 1.82) is 0 Å². The number of nitrogens with zero attached hydrogens (tertiary/aromatic N) is 1. The average molecular weight is 252 g/mol. The highest BCUT2D eigenvalue weighted by Gasteiger charge is 2.21. The molecule has 0 heterocycles. The van der Waals surface area contributed by atoms with Gasteiger partial charge in [-0.05, 0) is 32.5 Å². The molecular formula is C14H24N2O2. The van der Waals surface area contributed by atoms with E-state index in [2.05, 4.69) is 10.2 Å². The molecule has 1 aromatic carbocycles. The van der Waals surface area contributed by atoms with Gasteiger partial charge in [0.1, 0.15) is 5.75 Å². The van der Waals surface area contributed by atoms with Crippen LogP contribution >= 0.6 is 0 Å². The minimum atomic E-state index is -0.240. The first kappa shape index (κ1) is 14.8. The summed E-state index contributed by atoms with van der Waals surface area (Å²) in [6.07, 6.45) is 0.856. The molecule has 0 aliphatic heterocycles. The van der Waals surface area contributed by atoms with Crippen LogP contribution in [0.4, 0.5) is 5.69 Å². The van der Waals surface area contributed by atoms with Gasteiger partial charge in [-0.1, -0.05) is 12.1 Å². The predicted octanol–water partition coefficient (Wildman–Crippen LogP) is 1.49. The largest absolute Gasteiger partial charge is 0.495 e. The van der Waals surface area contributed by atoms with Crippen LogP contribution in [0.25, 0.3) is 0 Å². The zero-order valence-electron chi connectivity index (χ0n) is 11.7. The lowest BCUT2D eigenvalue weighted by Crippen LogP contribution is -2.45. The molecule has 4 heteroatoms. The number of anilines is 1. The molecule has 1 atom stereocenters. The first-order chi connectivity index (χ1) is 8.56. The van der Waals surface area contributed by atoms with Crippen molar-refractivity contribution in [2.75, 3.05) is 39.3 Å². The lowest BCUT2D eigenvalue weighted by Gasteiger charge is -2.30. The fourth-order valence-electron chi connectivity index (χ4n) is 1.76. The summed E-state index contributed by atoms with van der Waals surface area (Å²) < 4.78 is 5.34. The maximum Gasteiger partial charge on any atom is 0.142 e. The topological polar surface area (TPSA) is 44.7 Å². The van der Waals surface area contributed by atoms with Crippen molar-refractivity contribution in [3.05, 3.63) is 24.3 Å². The van der Waals surface area contributed by atoms with E-state index in [4.69, 9.17) is 4.74 Å². The maximum atomic E-state index is 9.36. The van der Waals surface area contributed by atoms with Crippen LogP contribution in [0.3, 0.4) is 0 Å². The first-order valence-electron chi connectivity index (χ1n) is 6.20. The van der Waals surface area contributed by atoms with Gasteiger partial charge >= 0.3 is 0 Å². The number of benzene rings is 1. The van der Waals surface area contributed by atoms with Crippen LogP contribution in [0.1, 0.15) is 13.3 Å². The Hall–Kier alpha value is -1.26. The Kier molecular flexibility index (Phi) is 5.44. The standard InChI is InChI=1S/C14H24N2O2/c1-14(11-17,15-2)9-10-16(3)12-7-5-6-8-13(12)18-4/h5-8,15,17H,9-11H2,1-4H3. The van der Waals surface area contributed by atoms with Crippen LogP contribution in [-0.2, 0) is 0 Å². The molecule has 0 fully saturated rings. The Morgan fingerprint density at radius 2 is 2.06 bits per heavy atom. The van der Waals surface area contributed by atoms with E-state index in [1.54, 1.807) is 7.11 Å². The van der Waals surface area contributed by atoms with Crippen LogP contribution < -0.4 is 15.0 Å². The van der Waals surface area contributed by atoms with E-state index in [0.717, 1.165) is 24.4 Å². The molecular weight excluding hydrogens is 228 g/mol. The van der Waals surface area contributed by atoms with Crippen molar-refractivity contribution in [3.63, 3.8) is 0 Å². The second-order valence-corrected chi connectivity index (χ2v) is 4.81. The first-order valence-corrected chi connectivity index (χ1v) is 6.20. The molecule has 0 amide bonds. The molecule has 0 radical (unpaired) electrons.